The molecule has 0 bridgehead atoms. The van der Waals surface area contributed by atoms with E-state index in [-0.39, 0.29) is 18.6 Å². The largest absolute Gasteiger partial charge is 0.394 e. The van der Waals surface area contributed by atoms with E-state index in [9.17, 15) is 9.90 Å². The molecule has 2 rings (SSSR count). The molecule has 1 atom stereocenters. The minimum atomic E-state index is -0.0822. The number of hydrogen-bond donors (Lipinski definition) is 3. The fraction of sp³-hybridized carbons (Fsp3) is 0.235. The van der Waals surface area contributed by atoms with Crippen LogP contribution < -0.4 is 10.6 Å². The van der Waals surface area contributed by atoms with Gasteiger partial charge in [-0.15, -0.1) is 0 Å². The molecule has 4 heteroatoms. The molecule has 0 heterocycles. The van der Waals surface area contributed by atoms with Crippen LogP contribution in [0, 0.1) is 0 Å². The van der Waals surface area contributed by atoms with E-state index in [1.807, 2.05) is 54.6 Å². The highest BCUT2D eigenvalue weighted by Gasteiger charge is 2.08. The first-order chi connectivity index (χ1) is 10.2. The molecule has 2 aromatic rings. The molecular formula is C17H20N2O2. The van der Waals surface area contributed by atoms with Crippen LogP contribution >= 0.6 is 0 Å². The van der Waals surface area contributed by atoms with Crippen LogP contribution in [0.4, 0.5) is 5.69 Å². The number of carbonyl (C=O) groups excluding carboxylic acids is 1. The predicted molar refractivity (Wildman–Crippen MR) is 83.9 cm³/mol. The molecule has 0 saturated heterocycles. The lowest BCUT2D eigenvalue weighted by atomic mass is 10.1. The first-order valence-electron chi connectivity index (χ1n) is 6.95. The van der Waals surface area contributed by atoms with Gasteiger partial charge in [-0.1, -0.05) is 42.5 Å². The summed E-state index contributed by atoms with van der Waals surface area (Å²) < 4.78 is 0. The Hall–Kier alpha value is -2.17. The number of amides is 1. The first kappa shape index (κ1) is 15.2. The summed E-state index contributed by atoms with van der Waals surface area (Å²) in [4.78, 5) is 11.0. The predicted octanol–water partition coefficient (Wildman–Crippen LogP) is 2.47. The highest BCUT2D eigenvalue weighted by molar-refractivity contribution is 5.88. The van der Waals surface area contributed by atoms with Gasteiger partial charge < -0.3 is 15.7 Å². The van der Waals surface area contributed by atoms with Crippen LogP contribution in [0.2, 0.25) is 0 Å². The average molecular weight is 284 g/mol. The fourth-order valence-corrected chi connectivity index (χ4v) is 2.12. The summed E-state index contributed by atoms with van der Waals surface area (Å²) in [7, 11) is 0. The van der Waals surface area contributed by atoms with Crippen molar-refractivity contribution in [3.63, 3.8) is 0 Å². The summed E-state index contributed by atoms with van der Waals surface area (Å²) in [5.74, 6) is -0.0784. The summed E-state index contributed by atoms with van der Waals surface area (Å²) in [5, 5.41) is 15.6. The van der Waals surface area contributed by atoms with Crippen LogP contribution in [0.25, 0.3) is 0 Å². The zero-order valence-corrected chi connectivity index (χ0v) is 12.0. The van der Waals surface area contributed by atoms with Crippen LogP contribution in [-0.4, -0.2) is 17.6 Å². The van der Waals surface area contributed by atoms with Gasteiger partial charge in [0.15, 0.2) is 0 Å². The normalized spacial score (nSPS) is 11.9. The maximum atomic E-state index is 11.0. The maximum absolute atomic E-state index is 11.0. The molecule has 21 heavy (non-hydrogen) atoms. The molecule has 3 N–H and O–H groups in total. The molecule has 0 aromatic heterocycles. The summed E-state index contributed by atoms with van der Waals surface area (Å²) in [6, 6.07) is 17.4. The molecule has 1 amide bonds. The molecule has 0 aliphatic rings. The molecule has 0 radical (unpaired) electrons. The minimum absolute atomic E-state index is 0.0496. The molecular weight excluding hydrogens is 264 g/mol. The van der Waals surface area contributed by atoms with Crippen LogP contribution in [-0.2, 0) is 11.3 Å². The van der Waals surface area contributed by atoms with Gasteiger partial charge in [0.2, 0.25) is 5.91 Å². The Morgan fingerprint density at radius 2 is 1.76 bits per heavy atom. The van der Waals surface area contributed by atoms with Crippen molar-refractivity contribution in [2.75, 3.05) is 11.9 Å². The van der Waals surface area contributed by atoms with Gasteiger partial charge in [0.1, 0.15) is 0 Å². The van der Waals surface area contributed by atoms with Crippen molar-refractivity contribution < 1.29 is 9.90 Å². The number of aliphatic hydroxyl groups is 1. The molecule has 110 valence electrons. The molecule has 0 saturated carbocycles. The van der Waals surface area contributed by atoms with E-state index in [0.717, 1.165) is 16.8 Å². The van der Waals surface area contributed by atoms with Gasteiger partial charge in [0.25, 0.3) is 0 Å². The van der Waals surface area contributed by atoms with Gasteiger partial charge in [0.05, 0.1) is 12.6 Å². The van der Waals surface area contributed by atoms with Crippen molar-refractivity contribution in [3.8, 4) is 0 Å². The Morgan fingerprint density at radius 1 is 1.10 bits per heavy atom. The summed E-state index contributed by atoms with van der Waals surface area (Å²) in [6.45, 7) is 2.19. The third-order valence-corrected chi connectivity index (χ3v) is 3.21. The van der Waals surface area contributed by atoms with Crippen LogP contribution in [0.5, 0.6) is 0 Å². The number of anilines is 1. The Labute approximate surface area is 124 Å². The van der Waals surface area contributed by atoms with Crippen molar-refractivity contribution in [2.45, 2.75) is 19.5 Å². The van der Waals surface area contributed by atoms with E-state index in [4.69, 9.17) is 0 Å². The van der Waals surface area contributed by atoms with Gasteiger partial charge >= 0.3 is 0 Å². The quantitative estimate of drug-likeness (QED) is 0.763. The number of carbonyl (C=O) groups is 1. The molecule has 4 nitrogen and oxygen atoms in total. The number of nitrogens with one attached hydrogen (secondary N) is 2. The standard InChI is InChI=1S/C17H20N2O2/c1-13(21)19-16-9-7-14(8-10-16)11-18-17(12-20)15-5-3-2-4-6-15/h2-10,17-18,20H,11-12H2,1H3,(H,19,21)/t17-/m1/s1. The third kappa shape index (κ3) is 4.70. The van der Waals surface area contributed by atoms with Crippen LogP contribution in [0.15, 0.2) is 54.6 Å². The Morgan fingerprint density at radius 3 is 2.33 bits per heavy atom. The minimum Gasteiger partial charge on any atom is -0.394 e. The van der Waals surface area contributed by atoms with E-state index in [1.54, 1.807) is 0 Å². The number of rotatable bonds is 6. The number of benzene rings is 2. The second kappa shape index (κ2) is 7.57. The average Bonchev–Trinajstić information content (AvgIpc) is 2.50. The lowest BCUT2D eigenvalue weighted by Gasteiger charge is -2.17. The fourth-order valence-electron chi connectivity index (χ4n) is 2.12. The summed E-state index contributed by atoms with van der Waals surface area (Å²) >= 11 is 0. The highest BCUT2D eigenvalue weighted by Crippen LogP contribution is 2.14. The topological polar surface area (TPSA) is 61.4 Å². The second-order valence-electron chi connectivity index (χ2n) is 4.90. The number of aliphatic hydroxyl groups excluding tert-OH is 1. The van der Waals surface area contributed by atoms with Gasteiger partial charge in [0, 0.05) is 19.2 Å². The molecule has 2 aromatic carbocycles. The first-order valence-corrected chi connectivity index (χ1v) is 6.95. The monoisotopic (exact) mass is 284 g/mol. The summed E-state index contributed by atoms with van der Waals surface area (Å²) in [5.41, 5.74) is 2.95. The zero-order chi connectivity index (χ0) is 15.1. The van der Waals surface area contributed by atoms with E-state index >= 15 is 0 Å². The van der Waals surface area contributed by atoms with E-state index in [2.05, 4.69) is 10.6 Å². The zero-order valence-electron chi connectivity index (χ0n) is 12.0. The van der Waals surface area contributed by atoms with E-state index in [0.29, 0.717) is 6.54 Å². The van der Waals surface area contributed by atoms with Gasteiger partial charge in [-0.05, 0) is 23.3 Å². The molecule has 0 spiro atoms. The molecule has 0 aliphatic carbocycles. The van der Waals surface area contributed by atoms with E-state index in [1.165, 1.54) is 6.92 Å². The van der Waals surface area contributed by atoms with Gasteiger partial charge in [-0.3, -0.25) is 4.79 Å². The third-order valence-electron chi connectivity index (χ3n) is 3.21. The molecule has 0 aliphatic heterocycles. The van der Waals surface area contributed by atoms with Crippen LogP contribution in [0.1, 0.15) is 24.1 Å². The van der Waals surface area contributed by atoms with Crippen molar-refractivity contribution in [3.05, 3.63) is 65.7 Å². The second-order valence-corrected chi connectivity index (χ2v) is 4.90. The van der Waals surface area contributed by atoms with Crippen molar-refractivity contribution in [1.82, 2.24) is 5.32 Å². The molecule has 0 unspecified atom stereocenters. The number of hydrogen-bond acceptors (Lipinski definition) is 3. The SMILES string of the molecule is CC(=O)Nc1ccc(CN[C@H](CO)c2ccccc2)cc1. The van der Waals surface area contributed by atoms with Crippen molar-refractivity contribution in [1.29, 1.82) is 0 Å². The Kier molecular flexibility index (Phi) is 5.49. The Balaban J connectivity index is 1.94. The maximum Gasteiger partial charge on any atom is 0.221 e. The van der Waals surface area contributed by atoms with Gasteiger partial charge in [-0.25, -0.2) is 0 Å². The van der Waals surface area contributed by atoms with Gasteiger partial charge in [-0.2, -0.15) is 0 Å². The van der Waals surface area contributed by atoms with E-state index < -0.39 is 0 Å². The van der Waals surface area contributed by atoms with Crippen LogP contribution in [0.3, 0.4) is 0 Å². The summed E-state index contributed by atoms with van der Waals surface area (Å²) in [6.07, 6.45) is 0. The molecule has 0 fully saturated rings. The smallest absolute Gasteiger partial charge is 0.221 e. The van der Waals surface area contributed by atoms with Crippen molar-refractivity contribution >= 4 is 11.6 Å². The van der Waals surface area contributed by atoms with Crippen molar-refractivity contribution in [2.24, 2.45) is 0 Å². The highest BCUT2D eigenvalue weighted by atomic mass is 16.3. The lowest BCUT2D eigenvalue weighted by molar-refractivity contribution is -0.114. The lowest BCUT2D eigenvalue weighted by Crippen LogP contribution is -2.23. The Bertz CT molecular complexity index is 567.